The van der Waals surface area contributed by atoms with E-state index < -0.39 is 0 Å². The third-order valence-electron chi connectivity index (χ3n) is 2.79. The molecule has 0 atom stereocenters. The number of amides is 2. The van der Waals surface area contributed by atoms with Gasteiger partial charge in [-0.1, -0.05) is 0 Å². The normalized spacial score (nSPS) is 9.95. The fraction of sp³-hybridized carbons (Fsp3) is 0.200. The summed E-state index contributed by atoms with van der Waals surface area (Å²) in [5.74, 6) is -0.457. The van der Waals surface area contributed by atoms with Crippen molar-refractivity contribution in [2.75, 3.05) is 6.54 Å². The molecule has 0 aliphatic rings. The number of pyridine rings is 2. The van der Waals surface area contributed by atoms with Crippen LogP contribution < -0.4 is 10.6 Å². The van der Waals surface area contributed by atoms with Crippen LogP contribution >= 0.6 is 0 Å². The Morgan fingerprint density at radius 1 is 1.10 bits per heavy atom. The maximum atomic E-state index is 11.5. The van der Waals surface area contributed by atoms with Crippen molar-refractivity contribution >= 4 is 11.8 Å². The molecule has 0 aliphatic carbocycles. The van der Waals surface area contributed by atoms with E-state index in [9.17, 15) is 9.59 Å². The van der Waals surface area contributed by atoms with Gasteiger partial charge in [-0.15, -0.1) is 0 Å². The number of nitrogens with one attached hydrogen (secondary N) is 2. The summed E-state index contributed by atoms with van der Waals surface area (Å²) in [7, 11) is 0. The molecule has 2 rings (SSSR count). The highest BCUT2D eigenvalue weighted by atomic mass is 16.2. The second-order valence-electron chi connectivity index (χ2n) is 4.47. The van der Waals surface area contributed by atoms with Crippen molar-refractivity contribution < 1.29 is 9.59 Å². The third-order valence-corrected chi connectivity index (χ3v) is 2.79. The molecule has 21 heavy (non-hydrogen) atoms. The molecule has 2 N–H and O–H groups in total. The monoisotopic (exact) mass is 284 g/mol. The van der Waals surface area contributed by atoms with Crippen molar-refractivity contribution in [3.63, 3.8) is 0 Å². The van der Waals surface area contributed by atoms with Crippen LogP contribution in [-0.4, -0.2) is 28.3 Å². The fourth-order valence-electron chi connectivity index (χ4n) is 1.73. The van der Waals surface area contributed by atoms with E-state index in [-0.39, 0.29) is 18.4 Å². The van der Waals surface area contributed by atoms with Crippen LogP contribution in [0, 0.1) is 0 Å². The average Bonchev–Trinajstić information content (AvgIpc) is 2.52. The summed E-state index contributed by atoms with van der Waals surface area (Å²) in [5, 5.41) is 5.19. The topological polar surface area (TPSA) is 84.0 Å². The van der Waals surface area contributed by atoms with Crippen LogP contribution in [0.4, 0.5) is 0 Å². The van der Waals surface area contributed by atoms with Crippen molar-refractivity contribution in [1.82, 2.24) is 20.6 Å². The Kier molecular flexibility index (Phi) is 4.98. The molecular weight excluding hydrogens is 268 g/mol. The molecule has 0 aliphatic heterocycles. The van der Waals surface area contributed by atoms with Crippen LogP contribution in [0.2, 0.25) is 0 Å². The molecule has 2 aromatic heterocycles. The lowest BCUT2D eigenvalue weighted by Gasteiger charge is -2.07. The Morgan fingerprint density at radius 2 is 1.86 bits per heavy atom. The fourth-order valence-corrected chi connectivity index (χ4v) is 1.73. The predicted molar refractivity (Wildman–Crippen MR) is 78.0 cm³/mol. The van der Waals surface area contributed by atoms with Gasteiger partial charge in [0.25, 0.3) is 0 Å². The number of hydrogen-bond donors (Lipinski definition) is 2. The summed E-state index contributed by atoms with van der Waals surface area (Å²) in [6, 6.07) is 7.50. The quantitative estimate of drug-likeness (QED) is 0.854. The molecule has 2 heterocycles. The Hall–Kier alpha value is -2.76. The van der Waals surface area contributed by atoms with E-state index in [0.29, 0.717) is 6.54 Å². The van der Waals surface area contributed by atoms with Gasteiger partial charge in [0.2, 0.25) is 11.8 Å². The van der Waals surface area contributed by atoms with Crippen LogP contribution in [0.5, 0.6) is 0 Å². The molecule has 0 aromatic carbocycles. The molecule has 2 aromatic rings. The van der Waals surface area contributed by atoms with Gasteiger partial charge in [0, 0.05) is 37.6 Å². The van der Waals surface area contributed by atoms with E-state index >= 15 is 0 Å². The highest BCUT2D eigenvalue weighted by molar-refractivity contribution is 5.83. The smallest absolute Gasteiger partial charge is 0.239 e. The lowest BCUT2D eigenvalue weighted by molar-refractivity contribution is -0.125. The summed E-state index contributed by atoms with van der Waals surface area (Å²) in [6.07, 6.45) is 5.11. The minimum Gasteiger partial charge on any atom is -0.350 e. The minimum absolute atomic E-state index is 0.0162. The van der Waals surface area contributed by atoms with Gasteiger partial charge in [0.1, 0.15) is 0 Å². The van der Waals surface area contributed by atoms with E-state index in [1.807, 2.05) is 24.3 Å². The zero-order valence-corrected chi connectivity index (χ0v) is 11.7. The standard InChI is InChI=1S/C15H16N4O2/c1-11(20)18-10-15(21)19-9-12-2-7-17-14(8-12)13-3-5-16-6-4-13/h2-8H,9-10H2,1H3,(H,18,20)(H,19,21). The van der Waals surface area contributed by atoms with Crippen LogP contribution in [0.15, 0.2) is 42.9 Å². The lowest BCUT2D eigenvalue weighted by Crippen LogP contribution is -2.35. The first-order chi connectivity index (χ1) is 10.1. The highest BCUT2D eigenvalue weighted by Gasteiger charge is 2.04. The van der Waals surface area contributed by atoms with Gasteiger partial charge in [-0.2, -0.15) is 0 Å². The van der Waals surface area contributed by atoms with Crippen molar-refractivity contribution in [3.05, 3.63) is 48.4 Å². The molecule has 0 radical (unpaired) electrons. The van der Waals surface area contributed by atoms with Gasteiger partial charge in [-0.3, -0.25) is 19.6 Å². The van der Waals surface area contributed by atoms with E-state index in [4.69, 9.17) is 0 Å². The third kappa shape index (κ3) is 4.68. The van der Waals surface area contributed by atoms with Crippen LogP contribution in [0.25, 0.3) is 11.3 Å². The molecule has 2 amide bonds. The maximum absolute atomic E-state index is 11.5. The largest absolute Gasteiger partial charge is 0.350 e. The minimum atomic E-state index is -0.229. The number of hydrogen-bond acceptors (Lipinski definition) is 4. The lowest BCUT2D eigenvalue weighted by atomic mass is 10.1. The number of carbonyl (C=O) groups excluding carboxylic acids is 2. The summed E-state index contributed by atoms with van der Waals surface area (Å²) >= 11 is 0. The second kappa shape index (κ2) is 7.14. The Labute approximate surface area is 122 Å². The van der Waals surface area contributed by atoms with Crippen LogP contribution in [0.1, 0.15) is 12.5 Å². The molecule has 6 heteroatoms. The summed E-state index contributed by atoms with van der Waals surface area (Å²) in [5.41, 5.74) is 2.73. The summed E-state index contributed by atoms with van der Waals surface area (Å²) in [4.78, 5) is 30.5. The van der Waals surface area contributed by atoms with E-state index in [0.717, 1.165) is 16.8 Å². The van der Waals surface area contributed by atoms with E-state index in [2.05, 4.69) is 20.6 Å². The molecular formula is C15H16N4O2. The maximum Gasteiger partial charge on any atom is 0.239 e. The van der Waals surface area contributed by atoms with Crippen LogP contribution in [0.3, 0.4) is 0 Å². The Morgan fingerprint density at radius 3 is 2.57 bits per heavy atom. The van der Waals surface area contributed by atoms with Crippen molar-refractivity contribution in [3.8, 4) is 11.3 Å². The first-order valence-electron chi connectivity index (χ1n) is 6.51. The predicted octanol–water partition coefficient (Wildman–Crippen LogP) is 0.896. The van der Waals surface area contributed by atoms with Gasteiger partial charge in [0.05, 0.1) is 12.2 Å². The molecule has 0 bridgehead atoms. The van der Waals surface area contributed by atoms with Crippen molar-refractivity contribution in [2.45, 2.75) is 13.5 Å². The van der Waals surface area contributed by atoms with Gasteiger partial charge in [0.15, 0.2) is 0 Å². The van der Waals surface area contributed by atoms with Crippen molar-refractivity contribution in [1.29, 1.82) is 0 Å². The SMILES string of the molecule is CC(=O)NCC(=O)NCc1ccnc(-c2ccncc2)c1. The second-order valence-corrected chi connectivity index (χ2v) is 4.47. The zero-order chi connectivity index (χ0) is 15.1. The van der Waals surface area contributed by atoms with E-state index in [1.54, 1.807) is 18.6 Å². The molecule has 0 spiro atoms. The molecule has 0 saturated heterocycles. The Balaban J connectivity index is 1.96. The van der Waals surface area contributed by atoms with E-state index in [1.165, 1.54) is 6.92 Å². The number of aromatic nitrogens is 2. The number of carbonyl (C=O) groups is 2. The van der Waals surface area contributed by atoms with Gasteiger partial charge in [-0.05, 0) is 29.8 Å². The first-order valence-corrected chi connectivity index (χ1v) is 6.51. The highest BCUT2D eigenvalue weighted by Crippen LogP contribution is 2.16. The van der Waals surface area contributed by atoms with Crippen LogP contribution in [-0.2, 0) is 16.1 Å². The molecule has 6 nitrogen and oxygen atoms in total. The number of rotatable bonds is 5. The first kappa shape index (κ1) is 14.6. The summed E-state index contributed by atoms with van der Waals surface area (Å²) in [6.45, 7) is 1.74. The van der Waals surface area contributed by atoms with Gasteiger partial charge < -0.3 is 10.6 Å². The average molecular weight is 284 g/mol. The molecule has 0 fully saturated rings. The zero-order valence-electron chi connectivity index (χ0n) is 11.7. The molecule has 108 valence electrons. The summed E-state index contributed by atoms with van der Waals surface area (Å²) < 4.78 is 0. The van der Waals surface area contributed by atoms with Crippen molar-refractivity contribution in [2.24, 2.45) is 0 Å². The number of nitrogens with zero attached hydrogens (tertiary/aromatic N) is 2. The van der Waals surface area contributed by atoms with Gasteiger partial charge >= 0.3 is 0 Å². The Bertz CT molecular complexity index is 629. The van der Waals surface area contributed by atoms with Gasteiger partial charge in [-0.25, -0.2) is 0 Å². The molecule has 0 unspecified atom stereocenters. The molecule has 0 saturated carbocycles.